The molecule has 0 amide bonds. The fraction of sp³-hybridized carbons (Fsp3) is 0.947. The van der Waals surface area contributed by atoms with Crippen LogP contribution in [0.25, 0.3) is 0 Å². The fourth-order valence-electron chi connectivity index (χ4n) is 4.90. The molecule has 0 radical (unpaired) electrons. The van der Waals surface area contributed by atoms with Crippen LogP contribution in [0.3, 0.4) is 0 Å². The molecule has 0 aromatic rings. The number of hydrogen-bond donors (Lipinski definition) is 3. The van der Waals surface area contributed by atoms with Gasteiger partial charge in [0, 0.05) is 5.92 Å². The zero-order chi connectivity index (χ0) is 17.3. The van der Waals surface area contributed by atoms with Crippen molar-refractivity contribution in [3.8, 4) is 0 Å². The van der Waals surface area contributed by atoms with Crippen molar-refractivity contribution in [1.82, 2.24) is 10.8 Å². The van der Waals surface area contributed by atoms with Gasteiger partial charge in [-0.05, 0) is 62.2 Å². The molecule has 1 heterocycles. The molecule has 0 aromatic heterocycles. The van der Waals surface area contributed by atoms with E-state index in [0.717, 1.165) is 31.6 Å². The van der Waals surface area contributed by atoms with Gasteiger partial charge >= 0.3 is 5.97 Å². The maximum absolute atomic E-state index is 11.3. The molecule has 0 bridgehead atoms. The smallest absolute Gasteiger partial charge is 0.306 e. The van der Waals surface area contributed by atoms with Gasteiger partial charge in [-0.2, -0.15) is 5.48 Å². The average Bonchev–Trinajstić information content (AvgIpc) is 3.04. The highest BCUT2D eigenvalue weighted by molar-refractivity contribution is 5.70. The lowest BCUT2D eigenvalue weighted by Crippen LogP contribution is -2.45. The number of hydroxylamine groups is 1. The summed E-state index contributed by atoms with van der Waals surface area (Å²) in [6.07, 6.45) is 8.86. The Morgan fingerprint density at radius 2 is 1.75 bits per heavy atom. The number of nitrogens with one attached hydrogen (secondary N) is 2. The van der Waals surface area contributed by atoms with Crippen LogP contribution >= 0.6 is 0 Å². The van der Waals surface area contributed by atoms with Crippen LogP contribution in [0, 0.1) is 29.1 Å². The Labute approximate surface area is 145 Å². The Morgan fingerprint density at radius 3 is 2.38 bits per heavy atom. The molecule has 3 aliphatic rings. The summed E-state index contributed by atoms with van der Waals surface area (Å²) in [6.45, 7) is 7.05. The molecular formula is C19H34N2O3. The molecule has 4 atom stereocenters. The maximum atomic E-state index is 11.3. The fourth-order valence-corrected chi connectivity index (χ4v) is 4.90. The summed E-state index contributed by atoms with van der Waals surface area (Å²) in [5.41, 5.74) is 3.58. The van der Waals surface area contributed by atoms with Crippen molar-refractivity contribution in [2.45, 2.75) is 84.5 Å². The Balaban J connectivity index is 1.48. The van der Waals surface area contributed by atoms with Crippen LogP contribution in [0.2, 0.25) is 0 Å². The highest BCUT2D eigenvalue weighted by Crippen LogP contribution is 2.41. The predicted octanol–water partition coefficient (Wildman–Crippen LogP) is 3.51. The van der Waals surface area contributed by atoms with Crippen molar-refractivity contribution in [3.05, 3.63) is 0 Å². The summed E-state index contributed by atoms with van der Waals surface area (Å²) in [4.78, 5) is 17.1. The van der Waals surface area contributed by atoms with Crippen LogP contribution in [-0.4, -0.2) is 23.5 Å². The van der Waals surface area contributed by atoms with E-state index in [9.17, 15) is 9.90 Å². The second kappa shape index (κ2) is 7.30. The first kappa shape index (κ1) is 18.2. The van der Waals surface area contributed by atoms with Crippen molar-refractivity contribution < 1.29 is 14.7 Å². The van der Waals surface area contributed by atoms with Crippen LogP contribution in [0.15, 0.2) is 0 Å². The second-order valence-electron chi connectivity index (χ2n) is 9.24. The van der Waals surface area contributed by atoms with Crippen LogP contribution in [0.1, 0.15) is 72.1 Å². The van der Waals surface area contributed by atoms with E-state index in [1.807, 2.05) is 0 Å². The normalized spacial score (nSPS) is 41.3. The minimum Gasteiger partial charge on any atom is -0.481 e. The Hall–Kier alpha value is -0.650. The number of aliphatic carboxylic acids is 1. The minimum atomic E-state index is -0.643. The summed E-state index contributed by atoms with van der Waals surface area (Å²) in [5.74, 6) is 0.911. The molecule has 2 aliphatic carbocycles. The van der Waals surface area contributed by atoms with Gasteiger partial charge in [0.2, 0.25) is 0 Å². The molecule has 4 unspecified atom stereocenters. The summed E-state index contributed by atoms with van der Waals surface area (Å²) in [7, 11) is 0. The maximum Gasteiger partial charge on any atom is 0.306 e. The first-order valence-corrected chi connectivity index (χ1v) is 9.74. The molecule has 0 aromatic carbocycles. The summed E-state index contributed by atoms with van der Waals surface area (Å²) in [6, 6.07) is 0. The molecule has 138 valence electrons. The standard InChI is InChI=1S/C19H34N2O3/c1-19(2,3)15-9-7-12(8-10-15)17-20-16(21-24-17)13-5-4-6-14(11-13)18(22)23/h12-17,20-21H,4-11H2,1-3H3,(H,22,23). The minimum absolute atomic E-state index is 0.0844. The highest BCUT2D eigenvalue weighted by atomic mass is 16.7. The highest BCUT2D eigenvalue weighted by Gasteiger charge is 2.40. The van der Waals surface area contributed by atoms with E-state index in [0.29, 0.717) is 17.3 Å². The molecular weight excluding hydrogens is 304 g/mol. The van der Waals surface area contributed by atoms with Gasteiger partial charge in [-0.1, -0.05) is 27.2 Å². The van der Waals surface area contributed by atoms with Crippen molar-refractivity contribution in [1.29, 1.82) is 0 Å². The number of carboxylic acids is 1. The van der Waals surface area contributed by atoms with E-state index < -0.39 is 5.97 Å². The van der Waals surface area contributed by atoms with Crippen LogP contribution in [0.4, 0.5) is 0 Å². The van der Waals surface area contributed by atoms with E-state index in [1.165, 1.54) is 25.7 Å². The van der Waals surface area contributed by atoms with E-state index >= 15 is 0 Å². The third-order valence-corrected chi connectivity index (χ3v) is 6.63. The Bertz CT molecular complexity index is 440. The van der Waals surface area contributed by atoms with Crippen LogP contribution in [-0.2, 0) is 9.63 Å². The molecule has 3 fully saturated rings. The number of hydrogen-bond acceptors (Lipinski definition) is 4. The molecule has 2 saturated carbocycles. The van der Waals surface area contributed by atoms with Crippen LogP contribution in [0.5, 0.6) is 0 Å². The van der Waals surface area contributed by atoms with Gasteiger partial charge < -0.3 is 5.11 Å². The van der Waals surface area contributed by atoms with Crippen molar-refractivity contribution in [2.75, 3.05) is 0 Å². The third kappa shape index (κ3) is 4.12. The monoisotopic (exact) mass is 338 g/mol. The second-order valence-corrected chi connectivity index (χ2v) is 9.24. The lowest BCUT2D eigenvalue weighted by atomic mass is 9.69. The molecule has 1 saturated heterocycles. The molecule has 5 heteroatoms. The Kier molecular flexibility index (Phi) is 5.52. The quantitative estimate of drug-likeness (QED) is 0.734. The van der Waals surface area contributed by atoms with Gasteiger partial charge in [0.15, 0.2) is 0 Å². The van der Waals surface area contributed by atoms with Crippen molar-refractivity contribution in [3.63, 3.8) is 0 Å². The SMILES string of the molecule is CC(C)(C)C1CCC(C2NC(C3CCCC(C(=O)O)C3)NO2)CC1. The Morgan fingerprint density at radius 1 is 1.04 bits per heavy atom. The predicted molar refractivity (Wildman–Crippen MR) is 92.9 cm³/mol. The molecule has 5 nitrogen and oxygen atoms in total. The van der Waals surface area contributed by atoms with Gasteiger partial charge in [-0.15, -0.1) is 0 Å². The molecule has 24 heavy (non-hydrogen) atoms. The van der Waals surface area contributed by atoms with Crippen molar-refractivity contribution in [2.24, 2.45) is 29.1 Å². The molecule has 1 aliphatic heterocycles. The van der Waals surface area contributed by atoms with Gasteiger partial charge in [0.25, 0.3) is 0 Å². The van der Waals surface area contributed by atoms with E-state index in [2.05, 4.69) is 31.6 Å². The van der Waals surface area contributed by atoms with Gasteiger partial charge in [0.05, 0.1) is 12.1 Å². The average molecular weight is 338 g/mol. The first-order chi connectivity index (χ1) is 11.3. The lowest BCUT2D eigenvalue weighted by Gasteiger charge is -2.38. The summed E-state index contributed by atoms with van der Waals surface area (Å²) in [5, 5.41) is 12.9. The van der Waals surface area contributed by atoms with Gasteiger partial charge in [-0.25, -0.2) is 0 Å². The number of carbonyl (C=O) groups is 1. The van der Waals surface area contributed by atoms with Gasteiger partial charge in [0.1, 0.15) is 6.23 Å². The van der Waals surface area contributed by atoms with Crippen molar-refractivity contribution >= 4 is 5.97 Å². The molecule has 3 N–H and O–H groups in total. The summed E-state index contributed by atoms with van der Waals surface area (Å²) < 4.78 is 0. The number of rotatable bonds is 3. The van der Waals surface area contributed by atoms with E-state index in [4.69, 9.17) is 4.84 Å². The zero-order valence-corrected chi connectivity index (χ0v) is 15.4. The molecule has 3 rings (SSSR count). The molecule has 0 spiro atoms. The largest absolute Gasteiger partial charge is 0.481 e. The number of carboxylic acid groups (broad SMARTS) is 1. The first-order valence-electron chi connectivity index (χ1n) is 9.74. The van der Waals surface area contributed by atoms with Gasteiger partial charge in [-0.3, -0.25) is 14.9 Å². The lowest BCUT2D eigenvalue weighted by molar-refractivity contribution is -0.143. The van der Waals surface area contributed by atoms with Crippen LogP contribution < -0.4 is 10.8 Å². The zero-order valence-electron chi connectivity index (χ0n) is 15.4. The van der Waals surface area contributed by atoms with E-state index in [-0.39, 0.29) is 18.3 Å². The third-order valence-electron chi connectivity index (χ3n) is 6.63. The van der Waals surface area contributed by atoms with E-state index in [1.54, 1.807) is 0 Å². The summed E-state index contributed by atoms with van der Waals surface area (Å²) >= 11 is 0. The topological polar surface area (TPSA) is 70.6 Å².